The standard InChI is InChI=1S/C22H24FN3O/c23-18-8-6-17(7-9-18)20-19-5-2-1-4-16(19)10-13-26(20)21-25-15-22(27-21)11-3-12-24-14-22/h1-2,4-9,20,24H,3,10-15H2/t20-,22+/m0/s1. The Morgan fingerprint density at radius 3 is 2.81 bits per heavy atom. The number of nitrogens with one attached hydrogen (secondary N) is 1. The number of hydrogen-bond donors (Lipinski definition) is 1. The van der Waals surface area contributed by atoms with Gasteiger partial charge in [0, 0.05) is 13.1 Å². The van der Waals surface area contributed by atoms with Crippen LogP contribution >= 0.6 is 0 Å². The van der Waals surface area contributed by atoms with E-state index in [1.807, 2.05) is 12.1 Å². The molecule has 1 saturated heterocycles. The predicted molar refractivity (Wildman–Crippen MR) is 103 cm³/mol. The van der Waals surface area contributed by atoms with Gasteiger partial charge in [0.05, 0.1) is 12.6 Å². The molecule has 2 atom stereocenters. The molecule has 140 valence electrons. The van der Waals surface area contributed by atoms with Crippen LogP contribution in [0.1, 0.15) is 35.6 Å². The van der Waals surface area contributed by atoms with Crippen LogP contribution in [0.2, 0.25) is 0 Å². The Morgan fingerprint density at radius 2 is 2.00 bits per heavy atom. The lowest BCUT2D eigenvalue weighted by Gasteiger charge is -2.40. The van der Waals surface area contributed by atoms with E-state index in [4.69, 9.17) is 9.73 Å². The van der Waals surface area contributed by atoms with Gasteiger partial charge in [0.15, 0.2) is 0 Å². The van der Waals surface area contributed by atoms with Gasteiger partial charge in [-0.15, -0.1) is 0 Å². The van der Waals surface area contributed by atoms with Crippen molar-refractivity contribution in [3.8, 4) is 0 Å². The zero-order valence-electron chi connectivity index (χ0n) is 15.3. The molecule has 3 heterocycles. The molecule has 0 saturated carbocycles. The van der Waals surface area contributed by atoms with Gasteiger partial charge in [-0.05, 0) is 54.6 Å². The van der Waals surface area contributed by atoms with Crippen LogP contribution in [-0.4, -0.2) is 42.7 Å². The zero-order valence-corrected chi connectivity index (χ0v) is 15.3. The van der Waals surface area contributed by atoms with Gasteiger partial charge in [-0.25, -0.2) is 9.38 Å². The molecule has 3 aliphatic rings. The number of ether oxygens (including phenoxy) is 1. The first-order valence-corrected chi connectivity index (χ1v) is 9.78. The summed E-state index contributed by atoms with van der Waals surface area (Å²) in [5.41, 5.74) is 3.47. The second kappa shape index (κ2) is 6.64. The molecule has 3 aliphatic heterocycles. The fraction of sp³-hybridized carbons (Fsp3) is 0.409. The first kappa shape index (κ1) is 16.8. The molecule has 27 heavy (non-hydrogen) atoms. The minimum atomic E-state index is -0.212. The molecular formula is C22H24FN3O. The van der Waals surface area contributed by atoms with Crippen molar-refractivity contribution in [2.24, 2.45) is 4.99 Å². The quantitative estimate of drug-likeness (QED) is 0.843. The summed E-state index contributed by atoms with van der Waals surface area (Å²) < 4.78 is 20.0. The molecular weight excluding hydrogens is 341 g/mol. The van der Waals surface area contributed by atoms with E-state index in [0.29, 0.717) is 6.54 Å². The summed E-state index contributed by atoms with van der Waals surface area (Å²) in [6.07, 6.45) is 3.12. The van der Waals surface area contributed by atoms with E-state index in [2.05, 4.69) is 34.5 Å². The third-order valence-corrected chi connectivity index (χ3v) is 5.96. The van der Waals surface area contributed by atoms with Gasteiger partial charge in [0.1, 0.15) is 11.4 Å². The third kappa shape index (κ3) is 3.00. The van der Waals surface area contributed by atoms with Gasteiger partial charge in [-0.3, -0.25) is 0 Å². The van der Waals surface area contributed by atoms with Crippen molar-refractivity contribution in [2.75, 3.05) is 26.2 Å². The van der Waals surface area contributed by atoms with Crippen molar-refractivity contribution in [1.29, 1.82) is 0 Å². The van der Waals surface area contributed by atoms with E-state index in [1.165, 1.54) is 23.3 Å². The van der Waals surface area contributed by atoms with Crippen LogP contribution in [0, 0.1) is 5.82 Å². The lowest BCUT2D eigenvalue weighted by molar-refractivity contribution is 0.0399. The van der Waals surface area contributed by atoms with Crippen molar-refractivity contribution in [3.63, 3.8) is 0 Å². The van der Waals surface area contributed by atoms with Crippen molar-refractivity contribution in [1.82, 2.24) is 10.2 Å². The van der Waals surface area contributed by atoms with E-state index in [1.54, 1.807) is 0 Å². The summed E-state index contributed by atoms with van der Waals surface area (Å²) in [6, 6.07) is 16.1. The molecule has 2 aromatic rings. The molecule has 1 N–H and O–H groups in total. The summed E-state index contributed by atoms with van der Waals surface area (Å²) in [4.78, 5) is 7.07. The predicted octanol–water partition coefficient (Wildman–Crippen LogP) is 3.28. The van der Waals surface area contributed by atoms with Gasteiger partial charge in [-0.2, -0.15) is 0 Å². The van der Waals surface area contributed by atoms with Crippen LogP contribution in [-0.2, 0) is 11.2 Å². The number of rotatable bonds is 1. The van der Waals surface area contributed by atoms with E-state index in [9.17, 15) is 4.39 Å². The highest BCUT2D eigenvalue weighted by Gasteiger charge is 2.43. The fourth-order valence-electron chi connectivity index (χ4n) is 4.56. The summed E-state index contributed by atoms with van der Waals surface area (Å²) in [5.74, 6) is -0.212. The van der Waals surface area contributed by atoms with Crippen molar-refractivity contribution in [2.45, 2.75) is 30.9 Å². The highest BCUT2D eigenvalue weighted by Crippen LogP contribution is 2.38. The summed E-state index contributed by atoms with van der Waals surface area (Å²) in [7, 11) is 0. The lowest BCUT2D eigenvalue weighted by atomic mass is 9.88. The number of amidine groups is 1. The Kier molecular flexibility index (Phi) is 4.12. The van der Waals surface area contributed by atoms with Gasteiger partial charge >= 0.3 is 0 Å². The van der Waals surface area contributed by atoms with E-state index in [-0.39, 0.29) is 17.5 Å². The van der Waals surface area contributed by atoms with Crippen molar-refractivity contribution >= 4 is 6.02 Å². The first-order chi connectivity index (χ1) is 13.2. The van der Waals surface area contributed by atoms with Crippen LogP contribution in [0.25, 0.3) is 0 Å². The topological polar surface area (TPSA) is 36.9 Å². The average molecular weight is 365 g/mol. The number of benzene rings is 2. The highest BCUT2D eigenvalue weighted by molar-refractivity contribution is 5.78. The molecule has 4 nitrogen and oxygen atoms in total. The highest BCUT2D eigenvalue weighted by atomic mass is 19.1. The smallest absolute Gasteiger partial charge is 0.288 e. The van der Waals surface area contributed by atoms with Crippen LogP contribution < -0.4 is 5.32 Å². The van der Waals surface area contributed by atoms with Crippen LogP contribution in [0.5, 0.6) is 0 Å². The van der Waals surface area contributed by atoms with Gasteiger partial charge in [0.2, 0.25) is 0 Å². The number of hydrogen-bond acceptors (Lipinski definition) is 4. The minimum Gasteiger partial charge on any atom is -0.455 e. The molecule has 5 rings (SSSR count). The van der Waals surface area contributed by atoms with Crippen molar-refractivity contribution in [3.05, 3.63) is 71.0 Å². The maximum absolute atomic E-state index is 13.5. The SMILES string of the molecule is Fc1ccc([C@H]2c3ccccc3CCN2C2=NC[C@]3(CCCNC3)O2)cc1. The molecule has 5 heteroatoms. The van der Waals surface area contributed by atoms with Crippen molar-refractivity contribution < 1.29 is 9.13 Å². The maximum atomic E-state index is 13.5. The second-order valence-corrected chi connectivity index (χ2v) is 7.76. The van der Waals surface area contributed by atoms with E-state index < -0.39 is 0 Å². The number of fused-ring (bicyclic) bond motifs is 1. The second-order valence-electron chi connectivity index (χ2n) is 7.76. The summed E-state index contributed by atoms with van der Waals surface area (Å²) >= 11 is 0. The zero-order chi connectivity index (χ0) is 18.3. The normalized spacial score (nSPS) is 27.2. The van der Waals surface area contributed by atoms with Crippen LogP contribution in [0.15, 0.2) is 53.5 Å². The fourth-order valence-corrected chi connectivity index (χ4v) is 4.56. The Bertz CT molecular complexity index is 858. The largest absolute Gasteiger partial charge is 0.455 e. The average Bonchev–Trinajstić information content (AvgIpc) is 3.11. The first-order valence-electron chi connectivity index (χ1n) is 9.78. The van der Waals surface area contributed by atoms with Gasteiger partial charge < -0.3 is 15.0 Å². The number of aliphatic imine (C=N–C) groups is 1. The Hall–Kier alpha value is -2.40. The number of nitrogens with zero attached hydrogens (tertiary/aromatic N) is 2. The van der Waals surface area contributed by atoms with Gasteiger partial charge in [-0.1, -0.05) is 36.4 Å². The van der Waals surface area contributed by atoms with Crippen LogP contribution in [0.4, 0.5) is 4.39 Å². The van der Waals surface area contributed by atoms with Gasteiger partial charge in [0.25, 0.3) is 6.02 Å². The number of piperidine rings is 1. The third-order valence-electron chi connectivity index (χ3n) is 5.96. The minimum absolute atomic E-state index is 0.000926. The number of halogens is 1. The molecule has 0 aliphatic carbocycles. The monoisotopic (exact) mass is 365 g/mol. The molecule has 0 unspecified atom stereocenters. The lowest BCUT2D eigenvalue weighted by Crippen LogP contribution is -2.50. The molecule has 0 amide bonds. The Morgan fingerprint density at radius 1 is 1.15 bits per heavy atom. The van der Waals surface area contributed by atoms with E-state index >= 15 is 0 Å². The molecule has 0 bridgehead atoms. The molecule has 0 aromatic heterocycles. The Labute approximate surface area is 159 Å². The van der Waals surface area contributed by atoms with E-state index in [0.717, 1.165) is 50.5 Å². The molecule has 0 radical (unpaired) electrons. The van der Waals surface area contributed by atoms with Crippen LogP contribution in [0.3, 0.4) is 0 Å². The Balaban J connectivity index is 1.50. The molecule has 1 spiro atoms. The summed E-state index contributed by atoms with van der Waals surface area (Å²) in [6.45, 7) is 3.46. The molecule has 2 aromatic carbocycles. The summed E-state index contributed by atoms with van der Waals surface area (Å²) in [5, 5.41) is 3.45. The maximum Gasteiger partial charge on any atom is 0.288 e. The molecule has 1 fully saturated rings.